The van der Waals surface area contributed by atoms with Gasteiger partial charge in [0.05, 0.1) is 6.20 Å². The van der Waals surface area contributed by atoms with Crippen molar-refractivity contribution < 1.29 is 9.53 Å². The molecule has 2 aromatic rings. The van der Waals surface area contributed by atoms with Crippen LogP contribution in [-0.4, -0.2) is 22.3 Å². The zero-order chi connectivity index (χ0) is 16.4. The van der Waals surface area contributed by atoms with Crippen molar-refractivity contribution in [3.63, 3.8) is 0 Å². The zero-order valence-corrected chi connectivity index (χ0v) is 13.5. The van der Waals surface area contributed by atoms with Crippen molar-refractivity contribution in [3.8, 4) is 5.75 Å². The lowest BCUT2D eigenvalue weighted by molar-refractivity contribution is -0.116. The van der Waals surface area contributed by atoms with Gasteiger partial charge >= 0.3 is 0 Å². The number of rotatable bonds is 5. The molecule has 0 unspecified atom stereocenters. The van der Waals surface area contributed by atoms with Gasteiger partial charge < -0.3 is 10.1 Å². The third-order valence-electron chi connectivity index (χ3n) is 3.99. The smallest absolute Gasteiger partial charge is 0.226 e. The number of hydrogen-bond acceptors (Lipinski definition) is 3. The molecule has 5 heteroatoms. The molecule has 0 bridgehead atoms. The lowest BCUT2D eigenvalue weighted by Gasteiger charge is -2.26. The molecule has 0 saturated heterocycles. The number of carbonyl (C=O) groups is 1. The largest absolute Gasteiger partial charge is 0.489 e. The van der Waals surface area contributed by atoms with E-state index in [4.69, 9.17) is 4.74 Å². The Morgan fingerprint density at radius 1 is 1.43 bits per heavy atom. The highest BCUT2D eigenvalue weighted by Gasteiger charge is 2.32. The highest BCUT2D eigenvalue weighted by molar-refractivity contribution is 5.94. The van der Waals surface area contributed by atoms with Crippen LogP contribution in [0.1, 0.15) is 43.4 Å². The number of fused-ring (bicyclic) bond motifs is 1. The Hall–Kier alpha value is -2.56. The second-order valence-corrected chi connectivity index (χ2v) is 5.93. The summed E-state index contributed by atoms with van der Waals surface area (Å²) >= 11 is 0. The average Bonchev–Trinajstić information content (AvgIpc) is 2.96. The molecule has 5 nitrogen and oxygen atoms in total. The Kier molecular flexibility index (Phi) is 4.19. The van der Waals surface area contributed by atoms with Crippen LogP contribution >= 0.6 is 0 Å². The van der Waals surface area contributed by atoms with Crippen molar-refractivity contribution in [2.45, 2.75) is 32.2 Å². The van der Waals surface area contributed by atoms with Crippen molar-refractivity contribution in [1.29, 1.82) is 0 Å². The molecule has 1 aliphatic rings. The summed E-state index contributed by atoms with van der Waals surface area (Å²) in [5.41, 5.74) is 2.04. The summed E-state index contributed by atoms with van der Waals surface area (Å²) in [6.07, 6.45) is 3.96. The fourth-order valence-corrected chi connectivity index (χ4v) is 2.96. The lowest BCUT2D eigenvalue weighted by atomic mass is 9.87. The predicted octanol–water partition coefficient (Wildman–Crippen LogP) is 3.50. The molecule has 120 valence electrons. The third-order valence-corrected chi connectivity index (χ3v) is 3.99. The van der Waals surface area contributed by atoms with Crippen LogP contribution < -0.4 is 10.1 Å². The van der Waals surface area contributed by atoms with Crippen LogP contribution in [0.25, 0.3) is 0 Å². The van der Waals surface area contributed by atoms with Gasteiger partial charge in [-0.2, -0.15) is 5.10 Å². The van der Waals surface area contributed by atoms with Crippen molar-refractivity contribution in [1.82, 2.24) is 9.78 Å². The summed E-state index contributed by atoms with van der Waals surface area (Å²) in [6, 6.07) is 8.03. The molecule has 1 aliphatic heterocycles. The molecular formula is C18H21N3O2. The molecule has 1 atom stereocenters. The fraction of sp³-hybridized carbons (Fsp3) is 0.333. The second-order valence-electron chi connectivity index (χ2n) is 5.93. The maximum Gasteiger partial charge on any atom is 0.226 e. The summed E-state index contributed by atoms with van der Waals surface area (Å²) in [5, 5.41) is 7.40. The average molecular weight is 311 g/mol. The van der Waals surface area contributed by atoms with Gasteiger partial charge in [-0.3, -0.25) is 4.79 Å². The maximum atomic E-state index is 12.2. The van der Waals surface area contributed by atoms with Gasteiger partial charge in [0.25, 0.3) is 0 Å². The van der Waals surface area contributed by atoms with E-state index < -0.39 is 0 Å². The van der Waals surface area contributed by atoms with Crippen LogP contribution in [0.3, 0.4) is 0 Å². The van der Waals surface area contributed by atoms with Gasteiger partial charge in [0.1, 0.15) is 18.2 Å². The monoisotopic (exact) mass is 311 g/mol. The van der Waals surface area contributed by atoms with E-state index in [1.54, 1.807) is 6.08 Å². The van der Waals surface area contributed by atoms with Gasteiger partial charge in [-0.25, -0.2) is 4.68 Å². The number of amides is 1. The van der Waals surface area contributed by atoms with Crippen molar-refractivity contribution in [2.24, 2.45) is 0 Å². The number of nitrogens with one attached hydrogen (secondary N) is 1. The Morgan fingerprint density at radius 2 is 2.22 bits per heavy atom. The Morgan fingerprint density at radius 3 is 2.96 bits per heavy atom. The Labute approximate surface area is 136 Å². The molecule has 0 fully saturated rings. The number of benzene rings is 1. The van der Waals surface area contributed by atoms with E-state index >= 15 is 0 Å². The lowest BCUT2D eigenvalue weighted by Crippen LogP contribution is -2.25. The summed E-state index contributed by atoms with van der Waals surface area (Å²) in [7, 11) is 0. The number of carbonyl (C=O) groups excluding carboxylic acids is 1. The second kappa shape index (κ2) is 6.28. The van der Waals surface area contributed by atoms with Crippen LogP contribution in [0.2, 0.25) is 0 Å². The number of anilines is 1. The maximum absolute atomic E-state index is 12.2. The van der Waals surface area contributed by atoms with Crippen LogP contribution in [0, 0.1) is 0 Å². The SMILES string of the molecule is C=CCOc1ccccc1[C@@H]1CC(=O)Nc2c1cnn2C(C)C. The summed E-state index contributed by atoms with van der Waals surface area (Å²) in [5.74, 6) is 1.53. The Bertz CT molecular complexity index is 734. The predicted molar refractivity (Wildman–Crippen MR) is 89.8 cm³/mol. The van der Waals surface area contributed by atoms with Crippen molar-refractivity contribution in [2.75, 3.05) is 11.9 Å². The number of nitrogens with zero attached hydrogens (tertiary/aromatic N) is 2. The van der Waals surface area contributed by atoms with E-state index in [2.05, 4.69) is 17.0 Å². The molecule has 1 N–H and O–H groups in total. The molecule has 1 aromatic carbocycles. The molecule has 1 aromatic heterocycles. The number of ether oxygens (including phenoxy) is 1. The number of hydrogen-bond donors (Lipinski definition) is 1. The quantitative estimate of drug-likeness (QED) is 0.860. The molecule has 23 heavy (non-hydrogen) atoms. The van der Waals surface area contributed by atoms with E-state index in [1.165, 1.54) is 0 Å². The standard InChI is InChI=1S/C18H21N3O2/c1-4-9-23-16-8-6-5-7-13(16)14-10-17(22)20-18-15(14)11-19-21(18)12(2)3/h4-8,11-12,14H,1,9-10H2,2-3H3,(H,20,22)/t14-/m0/s1. The highest BCUT2D eigenvalue weighted by Crippen LogP contribution is 2.41. The van der Waals surface area contributed by atoms with Gasteiger partial charge in [-0.1, -0.05) is 30.9 Å². The van der Waals surface area contributed by atoms with Gasteiger partial charge in [0, 0.05) is 29.5 Å². The van der Waals surface area contributed by atoms with Crippen molar-refractivity contribution in [3.05, 3.63) is 54.2 Å². The number of aromatic nitrogens is 2. The van der Waals surface area contributed by atoms with Crippen LogP contribution in [0.4, 0.5) is 5.82 Å². The zero-order valence-electron chi connectivity index (χ0n) is 13.5. The molecule has 0 saturated carbocycles. The minimum Gasteiger partial charge on any atom is -0.489 e. The highest BCUT2D eigenvalue weighted by atomic mass is 16.5. The molecule has 2 heterocycles. The molecular weight excluding hydrogens is 290 g/mol. The Balaban J connectivity index is 2.05. The van der Waals surface area contributed by atoms with Crippen LogP contribution in [-0.2, 0) is 4.79 Å². The topological polar surface area (TPSA) is 56.1 Å². The van der Waals surface area contributed by atoms with E-state index in [0.717, 1.165) is 22.7 Å². The van der Waals surface area contributed by atoms with Gasteiger partial charge in [-0.15, -0.1) is 0 Å². The summed E-state index contributed by atoms with van der Waals surface area (Å²) in [6.45, 7) is 8.22. The fourth-order valence-electron chi connectivity index (χ4n) is 2.96. The normalized spacial score (nSPS) is 16.8. The van der Waals surface area contributed by atoms with Crippen LogP contribution in [0.15, 0.2) is 43.1 Å². The van der Waals surface area contributed by atoms with E-state index in [1.807, 2.05) is 49.0 Å². The van der Waals surface area contributed by atoms with Gasteiger partial charge in [0.2, 0.25) is 5.91 Å². The minimum atomic E-state index is -0.0488. The van der Waals surface area contributed by atoms with Gasteiger partial charge in [-0.05, 0) is 19.9 Å². The third kappa shape index (κ3) is 2.86. The van der Waals surface area contributed by atoms with E-state index in [-0.39, 0.29) is 17.9 Å². The summed E-state index contributed by atoms with van der Waals surface area (Å²) in [4.78, 5) is 12.2. The van der Waals surface area contributed by atoms with E-state index in [0.29, 0.717) is 13.0 Å². The van der Waals surface area contributed by atoms with E-state index in [9.17, 15) is 4.79 Å². The van der Waals surface area contributed by atoms with Gasteiger partial charge in [0.15, 0.2) is 0 Å². The molecule has 0 spiro atoms. The molecule has 3 rings (SSSR count). The first-order chi connectivity index (χ1) is 11.1. The molecule has 0 radical (unpaired) electrons. The van der Waals surface area contributed by atoms with Crippen molar-refractivity contribution >= 4 is 11.7 Å². The molecule has 1 amide bonds. The first-order valence-electron chi connectivity index (χ1n) is 7.81. The minimum absolute atomic E-state index is 0.00317. The first kappa shape index (κ1) is 15.3. The van der Waals surface area contributed by atoms with Crippen LogP contribution in [0.5, 0.6) is 5.75 Å². The molecule has 0 aliphatic carbocycles. The summed E-state index contributed by atoms with van der Waals surface area (Å²) < 4.78 is 7.62. The number of para-hydroxylation sites is 1. The first-order valence-corrected chi connectivity index (χ1v) is 7.81.